The second-order valence-electron chi connectivity index (χ2n) is 5.58. The van der Waals surface area contributed by atoms with Crippen molar-refractivity contribution < 1.29 is 4.74 Å². The summed E-state index contributed by atoms with van der Waals surface area (Å²) >= 11 is 0. The molecule has 4 heteroatoms. The minimum Gasteiger partial charge on any atom is -0.474 e. The zero-order valence-corrected chi connectivity index (χ0v) is 11.7. The molecular formula is C14H23N3O. The van der Waals surface area contributed by atoms with Crippen molar-refractivity contribution in [3.8, 4) is 5.88 Å². The van der Waals surface area contributed by atoms with Gasteiger partial charge in [0.25, 0.3) is 0 Å². The van der Waals surface area contributed by atoms with E-state index < -0.39 is 0 Å². The van der Waals surface area contributed by atoms with Gasteiger partial charge in [-0.25, -0.2) is 4.98 Å². The van der Waals surface area contributed by atoms with E-state index in [1.807, 2.05) is 20.0 Å². The number of nitrogens with zero attached hydrogens (tertiary/aromatic N) is 2. The summed E-state index contributed by atoms with van der Waals surface area (Å²) in [6.07, 6.45) is 3.86. The van der Waals surface area contributed by atoms with Crippen LogP contribution in [0.1, 0.15) is 38.8 Å². The summed E-state index contributed by atoms with van der Waals surface area (Å²) in [4.78, 5) is 8.62. The van der Waals surface area contributed by atoms with E-state index in [0.29, 0.717) is 17.9 Å². The molecule has 1 heterocycles. The lowest BCUT2D eigenvalue weighted by atomic mass is 9.82. The quantitative estimate of drug-likeness (QED) is 0.894. The van der Waals surface area contributed by atoms with Crippen molar-refractivity contribution in [3.05, 3.63) is 11.8 Å². The number of nitrogens with one attached hydrogen (secondary N) is 1. The third-order valence-corrected chi connectivity index (χ3v) is 3.48. The van der Waals surface area contributed by atoms with Crippen LogP contribution in [0.25, 0.3) is 0 Å². The van der Waals surface area contributed by atoms with Crippen molar-refractivity contribution in [1.29, 1.82) is 0 Å². The highest BCUT2D eigenvalue weighted by Crippen LogP contribution is 2.31. The molecule has 0 bridgehead atoms. The van der Waals surface area contributed by atoms with E-state index in [-0.39, 0.29) is 0 Å². The van der Waals surface area contributed by atoms with Crippen LogP contribution in [0.15, 0.2) is 6.07 Å². The van der Waals surface area contributed by atoms with Gasteiger partial charge in [0.1, 0.15) is 6.10 Å². The van der Waals surface area contributed by atoms with E-state index in [9.17, 15) is 0 Å². The highest BCUT2D eigenvalue weighted by molar-refractivity contribution is 5.29. The van der Waals surface area contributed by atoms with Crippen molar-refractivity contribution in [3.63, 3.8) is 0 Å². The molecule has 0 aliphatic heterocycles. The van der Waals surface area contributed by atoms with Crippen LogP contribution in [0.4, 0.5) is 5.95 Å². The van der Waals surface area contributed by atoms with Crippen molar-refractivity contribution in [2.75, 3.05) is 12.4 Å². The Bertz CT molecular complexity index is 398. The number of anilines is 1. The van der Waals surface area contributed by atoms with Gasteiger partial charge in [-0.15, -0.1) is 0 Å². The molecule has 1 fully saturated rings. The molecule has 1 aromatic rings. The van der Waals surface area contributed by atoms with E-state index in [4.69, 9.17) is 4.74 Å². The number of rotatable bonds is 3. The lowest BCUT2D eigenvalue weighted by Gasteiger charge is -2.31. The Labute approximate surface area is 109 Å². The van der Waals surface area contributed by atoms with Crippen LogP contribution in [0.5, 0.6) is 5.88 Å². The average Bonchev–Trinajstić information content (AvgIpc) is 2.26. The van der Waals surface area contributed by atoms with Crippen molar-refractivity contribution >= 4 is 5.95 Å². The van der Waals surface area contributed by atoms with Crippen LogP contribution >= 0.6 is 0 Å². The van der Waals surface area contributed by atoms with Crippen LogP contribution < -0.4 is 10.1 Å². The minimum atomic E-state index is 0.294. The first kappa shape index (κ1) is 13.1. The fourth-order valence-corrected chi connectivity index (χ4v) is 2.85. The van der Waals surface area contributed by atoms with E-state index in [1.54, 1.807) is 0 Å². The summed E-state index contributed by atoms with van der Waals surface area (Å²) < 4.78 is 6.03. The molecule has 0 amide bonds. The molecule has 1 N–H and O–H groups in total. The van der Waals surface area contributed by atoms with E-state index in [0.717, 1.165) is 30.4 Å². The topological polar surface area (TPSA) is 47.0 Å². The SMILES string of the molecule is CNc1nc(C)cc(OC2CC(C)CC(C)C2)n1. The monoisotopic (exact) mass is 249 g/mol. The smallest absolute Gasteiger partial charge is 0.225 e. The molecule has 100 valence electrons. The summed E-state index contributed by atoms with van der Waals surface area (Å²) in [5.74, 6) is 2.80. The van der Waals surface area contributed by atoms with Gasteiger partial charge in [-0.2, -0.15) is 4.98 Å². The van der Waals surface area contributed by atoms with Gasteiger partial charge in [-0.1, -0.05) is 13.8 Å². The van der Waals surface area contributed by atoms with Crippen LogP contribution in [0.2, 0.25) is 0 Å². The van der Waals surface area contributed by atoms with Crippen LogP contribution in [0, 0.1) is 18.8 Å². The Morgan fingerprint density at radius 2 is 1.83 bits per heavy atom. The summed E-state index contributed by atoms with van der Waals surface area (Å²) in [5, 5.41) is 2.96. The number of hydrogen-bond donors (Lipinski definition) is 1. The number of ether oxygens (including phenoxy) is 1. The van der Waals surface area contributed by atoms with E-state index in [1.165, 1.54) is 6.42 Å². The summed E-state index contributed by atoms with van der Waals surface area (Å²) in [5.41, 5.74) is 0.932. The lowest BCUT2D eigenvalue weighted by molar-refractivity contribution is 0.0966. The van der Waals surface area contributed by atoms with Crippen LogP contribution in [0.3, 0.4) is 0 Å². The number of aryl methyl sites for hydroxylation is 1. The molecule has 1 aliphatic carbocycles. The van der Waals surface area contributed by atoms with Crippen molar-refractivity contribution in [1.82, 2.24) is 9.97 Å². The summed E-state index contributed by atoms with van der Waals surface area (Å²) in [6, 6.07) is 1.91. The molecule has 4 nitrogen and oxygen atoms in total. The number of hydrogen-bond acceptors (Lipinski definition) is 4. The second kappa shape index (κ2) is 5.55. The number of aromatic nitrogens is 2. The van der Waals surface area contributed by atoms with Gasteiger partial charge < -0.3 is 10.1 Å². The maximum absolute atomic E-state index is 6.03. The fraction of sp³-hybridized carbons (Fsp3) is 0.714. The van der Waals surface area contributed by atoms with Gasteiger partial charge in [0.15, 0.2) is 0 Å². The van der Waals surface area contributed by atoms with Gasteiger partial charge in [-0.05, 0) is 38.0 Å². The second-order valence-corrected chi connectivity index (χ2v) is 5.58. The van der Waals surface area contributed by atoms with Crippen molar-refractivity contribution in [2.45, 2.75) is 46.1 Å². The van der Waals surface area contributed by atoms with Gasteiger partial charge in [0.05, 0.1) is 0 Å². The van der Waals surface area contributed by atoms with Gasteiger partial charge >= 0.3 is 0 Å². The Balaban J connectivity index is 2.06. The highest BCUT2D eigenvalue weighted by Gasteiger charge is 2.25. The average molecular weight is 249 g/mol. The van der Waals surface area contributed by atoms with Crippen molar-refractivity contribution in [2.24, 2.45) is 11.8 Å². The van der Waals surface area contributed by atoms with E-state index >= 15 is 0 Å². The predicted molar refractivity (Wildman–Crippen MR) is 72.9 cm³/mol. The standard InChI is InChI=1S/C14H23N3O/c1-9-5-10(2)7-12(6-9)18-13-8-11(3)16-14(15-4)17-13/h8-10,12H,5-7H2,1-4H3,(H,15,16,17). The molecule has 2 unspecified atom stereocenters. The molecule has 0 aromatic carbocycles. The first-order valence-electron chi connectivity index (χ1n) is 6.77. The molecule has 1 saturated carbocycles. The maximum atomic E-state index is 6.03. The minimum absolute atomic E-state index is 0.294. The summed E-state index contributed by atoms with van der Waals surface area (Å²) in [7, 11) is 1.82. The first-order chi connectivity index (χ1) is 8.56. The third kappa shape index (κ3) is 3.34. The third-order valence-electron chi connectivity index (χ3n) is 3.48. The largest absolute Gasteiger partial charge is 0.474 e. The molecule has 2 rings (SSSR count). The Morgan fingerprint density at radius 3 is 2.44 bits per heavy atom. The molecule has 0 spiro atoms. The molecular weight excluding hydrogens is 226 g/mol. The summed E-state index contributed by atoms with van der Waals surface area (Å²) in [6.45, 7) is 6.56. The Hall–Kier alpha value is -1.32. The predicted octanol–water partition coefficient (Wildman–Crippen LogP) is 3.03. The van der Waals surface area contributed by atoms with E-state index in [2.05, 4.69) is 29.1 Å². The molecule has 0 saturated heterocycles. The molecule has 1 aromatic heterocycles. The molecule has 18 heavy (non-hydrogen) atoms. The van der Waals surface area contributed by atoms with Crippen LogP contribution in [-0.2, 0) is 0 Å². The Kier molecular flexibility index (Phi) is 4.04. The fourth-order valence-electron chi connectivity index (χ4n) is 2.85. The lowest BCUT2D eigenvalue weighted by Crippen LogP contribution is -2.28. The first-order valence-corrected chi connectivity index (χ1v) is 6.77. The molecule has 1 aliphatic rings. The van der Waals surface area contributed by atoms with Gasteiger partial charge in [-0.3, -0.25) is 0 Å². The zero-order valence-electron chi connectivity index (χ0n) is 11.7. The van der Waals surface area contributed by atoms with Crippen LogP contribution in [-0.4, -0.2) is 23.1 Å². The van der Waals surface area contributed by atoms with Gasteiger partial charge in [0, 0.05) is 18.8 Å². The van der Waals surface area contributed by atoms with Gasteiger partial charge in [0.2, 0.25) is 11.8 Å². The zero-order chi connectivity index (χ0) is 13.1. The maximum Gasteiger partial charge on any atom is 0.225 e. The highest BCUT2D eigenvalue weighted by atomic mass is 16.5. The Morgan fingerprint density at radius 1 is 1.17 bits per heavy atom. The molecule has 0 radical (unpaired) electrons. The normalized spacial score (nSPS) is 27.9. The molecule has 2 atom stereocenters.